The van der Waals surface area contributed by atoms with Crippen molar-refractivity contribution in [2.75, 3.05) is 14.2 Å². The molecule has 0 saturated heterocycles. The molecule has 4 nitrogen and oxygen atoms in total. The maximum absolute atomic E-state index is 10.7. The number of methoxy groups -OCH3 is 2. The van der Waals surface area contributed by atoms with Crippen LogP contribution in [0.4, 0.5) is 0 Å². The first-order valence-electron chi connectivity index (χ1n) is 7.69. The Hall–Kier alpha value is -2.88. The highest BCUT2D eigenvalue weighted by molar-refractivity contribution is 5.95. The molecule has 0 aliphatic carbocycles. The van der Waals surface area contributed by atoms with Crippen molar-refractivity contribution < 1.29 is 19.7 Å². The monoisotopic (exact) mass is 324 g/mol. The minimum atomic E-state index is 0.186. The van der Waals surface area contributed by atoms with E-state index in [4.69, 9.17) is 9.47 Å². The van der Waals surface area contributed by atoms with Gasteiger partial charge < -0.3 is 19.7 Å². The molecule has 0 spiro atoms. The normalized spacial score (nSPS) is 10.8. The van der Waals surface area contributed by atoms with Crippen LogP contribution in [0.5, 0.6) is 23.0 Å². The molecule has 3 aromatic carbocycles. The minimum Gasteiger partial charge on any atom is -0.507 e. The van der Waals surface area contributed by atoms with E-state index in [2.05, 4.69) is 0 Å². The molecule has 24 heavy (non-hydrogen) atoms. The largest absolute Gasteiger partial charge is 0.507 e. The molecule has 0 atom stereocenters. The van der Waals surface area contributed by atoms with Crippen LogP contribution in [-0.2, 0) is 6.42 Å². The predicted molar refractivity (Wildman–Crippen MR) is 94.4 cm³/mol. The highest BCUT2D eigenvalue weighted by atomic mass is 16.5. The third kappa shape index (κ3) is 2.60. The summed E-state index contributed by atoms with van der Waals surface area (Å²) in [5.74, 6) is 1.81. The second-order valence-electron chi connectivity index (χ2n) is 5.70. The number of benzene rings is 3. The van der Waals surface area contributed by atoms with Gasteiger partial charge in [0.2, 0.25) is 0 Å². The quantitative estimate of drug-likeness (QED) is 0.707. The number of phenols is 2. The lowest BCUT2D eigenvalue weighted by Gasteiger charge is -2.16. The van der Waals surface area contributed by atoms with E-state index in [-0.39, 0.29) is 11.5 Å². The fourth-order valence-electron chi connectivity index (χ4n) is 3.01. The van der Waals surface area contributed by atoms with Crippen molar-refractivity contribution in [2.45, 2.75) is 13.3 Å². The molecule has 124 valence electrons. The second-order valence-corrected chi connectivity index (χ2v) is 5.70. The first-order valence-corrected chi connectivity index (χ1v) is 7.69. The van der Waals surface area contributed by atoms with Crippen LogP contribution >= 0.6 is 0 Å². The molecule has 0 aliphatic heterocycles. The smallest absolute Gasteiger partial charge is 0.127 e. The number of aromatic hydroxyl groups is 2. The zero-order valence-electron chi connectivity index (χ0n) is 14.0. The van der Waals surface area contributed by atoms with Gasteiger partial charge in [-0.1, -0.05) is 24.3 Å². The van der Waals surface area contributed by atoms with E-state index in [9.17, 15) is 10.2 Å². The molecule has 0 radical (unpaired) electrons. The van der Waals surface area contributed by atoms with Gasteiger partial charge in [-0.15, -0.1) is 0 Å². The Morgan fingerprint density at radius 3 is 2.17 bits per heavy atom. The van der Waals surface area contributed by atoms with Crippen molar-refractivity contribution in [1.29, 1.82) is 0 Å². The fraction of sp³-hybridized carbons (Fsp3) is 0.200. The third-order valence-corrected chi connectivity index (χ3v) is 4.39. The van der Waals surface area contributed by atoms with E-state index < -0.39 is 0 Å². The highest BCUT2D eigenvalue weighted by Crippen LogP contribution is 2.41. The van der Waals surface area contributed by atoms with Gasteiger partial charge in [0.15, 0.2) is 0 Å². The molecule has 3 rings (SSSR count). The van der Waals surface area contributed by atoms with Gasteiger partial charge in [-0.05, 0) is 30.7 Å². The van der Waals surface area contributed by atoms with Crippen LogP contribution in [0.15, 0.2) is 42.5 Å². The molecule has 2 N–H and O–H groups in total. The van der Waals surface area contributed by atoms with Crippen LogP contribution in [0.2, 0.25) is 0 Å². The van der Waals surface area contributed by atoms with Crippen LogP contribution in [0.25, 0.3) is 10.8 Å². The van der Waals surface area contributed by atoms with Gasteiger partial charge in [-0.2, -0.15) is 0 Å². The number of rotatable bonds is 4. The SMILES string of the molecule is COc1ccc(OC)c(Cc2c(C)c(O)c3ccccc3c2O)c1. The minimum absolute atomic E-state index is 0.186. The van der Waals surface area contributed by atoms with Crippen molar-refractivity contribution in [1.82, 2.24) is 0 Å². The zero-order valence-corrected chi connectivity index (χ0v) is 14.0. The molecular weight excluding hydrogens is 304 g/mol. The van der Waals surface area contributed by atoms with Crippen LogP contribution < -0.4 is 9.47 Å². The number of phenolic OH excluding ortho intramolecular Hbond substituents is 2. The maximum atomic E-state index is 10.7. The molecule has 0 bridgehead atoms. The standard InChI is InChI=1S/C20H20O4/c1-12-17(11-13-10-14(23-2)8-9-18(13)24-3)20(22)16-7-5-4-6-15(16)19(12)21/h4-10,21-22H,11H2,1-3H3. The Balaban J connectivity index is 2.18. The summed E-state index contributed by atoms with van der Waals surface area (Å²) in [7, 11) is 3.21. The van der Waals surface area contributed by atoms with Crippen molar-refractivity contribution in [3.63, 3.8) is 0 Å². The van der Waals surface area contributed by atoms with Gasteiger partial charge in [0.1, 0.15) is 23.0 Å². The molecule has 4 heteroatoms. The topological polar surface area (TPSA) is 58.9 Å². The number of ether oxygens (including phenoxy) is 2. The van der Waals surface area contributed by atoms with Crippen molar-refractivity contribution in [3.05, 3.63) is 59.2 Å². The van der Waals surface area contributed by atoms with E-state index in [0.29, 0.717) is 39.8 Å². The summed E-state index contributed by atoms with van der Waals surface area (Å²) in [6, 6.07) is 12.8. The van der Waals surface area contributed by atoms with Crippen LogP contribution in [-0.4, -0.2) is 24.4 Å². The average Bonchev–Trinajstić information content (AvgIpc) is 2.63. The van der Waals surface area contributed by atoms with Gasteiger partial charge in [0.25, 0.3) is 0 Å². The van der Waals surface area contributed by atoms with Crippen LogP contribution in [0.3, 0.4) is 0 Å². The van der Waals surface area contributed by atoms with Crippen molar-refractivity contribution >= 4 is 10.8 Å². The fourth-order valence-corrected chi connectivity index (χ4v) is 3.01. The molecule has 0 saturated carbocycles. The molecule has 3 aromatic rings. The molecular formula is C20H20O4. The van der Waals surface area contributed by atoms with Crippen LogP contribution in [0.1, 0.15) is 16.7 Å². The van der Waals surface area contributed by atoms with Crippen molar-refractivity contribution in [3.8, 4) is 23.0 Å². The molecule has 0 aliphatic rings. The van der Waals surface area contributed by atoms with E-state index in [1.165, 1.54) is 0 Å². The Bertz CT molecular complexity index is 900. The Morgan fingerprint density at radius 1 is 0.875 bits per heavy atom. The third-order valence-electron chi connectivity index (χ3n) is 4.39. The predicted octanol–water partition coefficient (Wildman–Crippen LogP) is 4.17. The number of hydrogen-bond donors (Lipinski definition) is 2. The van der Waals surface area contributed by atoms with E-state index >= 15 is 0 Å². The first kappa shape index (κ1) is 16.0. The van der Waals surface area contributed by atoms with Gasteiger partial charge >= 0.3 is 0 Å². The van der Waals surface area contributed by atoms with E-state index in [1.807, 2.05) is 37.3 Å². The molecule has 0 unspecified atom stereocenters. The summed E-state index contributed by atoms with van der Waals surface area (Å²) in [6.07, 6.45) is 0.427. The summed E-state index contributed by atoms with van der Waals surface area (Å²) < 4.78 is 10.7. The van der Waals surface area contributed by atoms with E-state index in [0.717, 1.165) is 5.56 Å². The Morgan fingerprint density at radius 2 is 1.54 bits per heavy atom. The summed E-state index contributed by atoms with van der Waals surface area (Å²) in [6.45, 7) is 1.81. The maximum Gasteiger partial charge on any atom is 0.127 e. The summed E-state index contributed by atoms with van der Waals surface area (Å²) in [5.41, 5.74) is 2.22. The molecule has 0 fully saturated rings. The lowest BCUT2D eigenvalue weighted by molar-refractivity contribution is 0.399. The lowest BCUT2D eigenvalue weighted by atomic mass is 9.93. The average molecular weight is 324 g/mol. The van der Waals surface area contributed by atoms with Gasteiger partial charge in [-0.3, -0.25) is 0 Å². The second kappa shape index (κ2) is 6.32. The van der Waals surface area contributed by atoms with Gasteiger partial charge in [-0.25, -0.2) is 0 Å². The summed E-state index contributed by atoms with van der Waals surface area (Å²) >= 11 is 0. The molecule has 0 amide bonds. The van der Waals surface area contributed by atoms with Crippen LogP contribution in [0, 0.1) is 6.92 Å². The number of hydrogen-bond acceptors (Lipinski definition) is 4. The summed E-state index contributed by atoms with van der Waals surface area (Å²) in [4.78, 5) is 0. The van der Waals surface area contributed by atoms with E-state index in [1.54, 1.807) is 26.4 Å². The molecule has 0 aromatic heterocycles. The summed E-state index contributed by atoms with van der Waals surface area (Å²) in [5, 5.41) is 22.5. The first-order chi connectivity index (χ1) is 11.6. The molecule has 0 heterocycles. The van der Waals surface area contributed by atoms with Gasteiger partial charge in [0.05, 0.1) is 14.2 Å². The van der Waals surface area contributed by atoms with Gasteiger partial charge in [0, 0.05) is 28.3 Å². The van der Waals surface area contributed by atoms with Crippen molar-refractivity contribution in [2.24, 2.45) is 0 Å². The Kier molecular flexibility index (Phi) is 4.21. The highest BCUT2D eigenvalue weighted by Gasteiger charge is 2.17. The Labute approximate surface area is 140 Å². The number of fused-ring (bicyclic) bond motifs is 1. The zero-order chi connectivity index (χ0) is 17.3. The lowest BCUT2D eigenvalue weighted by Crippen LogP contribution is -1.98.